The van der Waals surface area contributed by atoms with Gasteiger partial charge in [0.05, 0.1) is 17.4 Å². The van der Waals surface area contributed by atoms with E-state index in [2.05, 4.69) is 0 Å². The van der Waals surface area contributed by atoms with Crippen molar-refractivity contribution in [3.05, 3.63) is 81.0 Å². The van der Waals surface area contributed by atoms with E-state index in [1.807, 2.05) is 36.4 Å². The van der Waals surface area contributed by atoms with Gasteiger partial charge < -0.3 is 0 Å². The maximum Gasteiger partial charge on any atom is 0.331 e. The van der Waals surface area contributed by atoms with Crippen molar-refractivity contribution in [3.8, 4) is 0 Å². The first-order valence-electron chi connectivity index (χ1n) is 6.41. The molecule has 0 amide bonds. The number of nitrogens with zero attached hydrogens (tertiary/aromatic N) is 2. The smallest absolute Gasteiger partial charge is 0.296 e. The number of fused-ring (bicyclic) bond motifs is 1. The number of benzene rings is 2. The standard InChI is InChI=1S/C16H14N2O2/c1-17-14-10-6-5-9-13(14)15(19)18(16(17)20)11-12-7-3-2-4-8-12/h2-10H,11H2,1H3. The number of rotatable bonds is 2. The minimum absolute atomic E-state index is 0.243. The van der Waals surface area contributed by atoms with Crippen molar-refractivity contribution in [1.82, 2.24) is 9.13 Å². The van der Waals surface area contributed by atoms with Crippen LogP contribution in [-0.4, -0.2) is 9.13 Å². The van der Waals surface area contributed by atoms with E-state index in [-0.39, 0.29) is 17.8 Å². The number of hydrogen-bond acceptors (Lipinski definition) is 2. The normalized spacial score (nSPS) is 10.8. The highest BCUT2D eigenvalue weighted by Gasteiger charge is 2.10. The van der Waals surface area contributed by atoms with Gasteiger partial charge in [-0.15, -0.1) is 0 Å². The predicted octanol–water partition coefficient (Wildman–Crippen LogP) is 1.75. The molecule has 4 heteroatoms. The maximum absolute atomic E-state index is 12.5. The molecule has 1 heterocycles. The minimum atomic E-state index is -0.294. The molecule has 0 atom stereocenters. The Morgan fingerprint density at radius 1 is 0.900 bits per heavy atom. The van der Waals surface area contributed by atoms with Crippen molar-refractivity contribution >= 4 is 10.9 Å². The van der Waals surface area contributed by atoms with E-state index in [1.165, 1.54) is 9.13 Å². The van der Waals surface area contributed by atoms with Crippen molar-refractivity contribution in [3.63, 3.8) is 0 Å². The van der Waals surface area contributed by atoms with Gasteiger partial charge in [0.2, 0.25) is 0 Å². The predicted molar refractivity (Wildman–Crippen MR) is 79.0 cm³/mol. The quantitative estimate of drug-likeness (QED) is 0.709. The van der Waals surface area contributed by atoms with Crippen LogP contribution < -0.4 is 11.2 Å². The van der Waals surface area contributed by atoms with Crippen LogP contribution in [-0.2, 0) is 13.6 Å². The van der Waals surface area contributed by atoms with Gasteiger partial charge in [-0.1, -0.05) is 42.5 Å². The van der Waals surface area contributed by atoms with Gasteiger partial charge in [-0.2, -0.15) is 0 Å². The summed E-state index contributed by atoms with van der Waals surface area (Å²) in [6, 6.07) is 16.7. The van der Waals surface area contributed by atoms with Crippen LogP contribution in [0.5, 0.6) is 0 Å². The van der Waals surface area contributed by atoms with Gasteiger partial charge in [0.1, 0.15) is 0 Å². The van der Waals surface area contributed by atoms with Crippen molar-refractivity contribution in [1.29, 1.82) is 0 Å². The van der Waals surface area contributed by atoms with Crippen LogP contribution in [0.25, 0.3) is 10.9 Å². The van der Waals surface area contributed by atoms with Gasteiger partial charge in [-0.25, -0.2) is 4.79 Å². The Hall–Kier alpha value is -2.62. The van der Waals surface area contributed by atoms with E-state index in [1.54, 1.807) is 25.2 Å². The number of para-hydroxylation sites is 1. The van der Waals surface area contributed by atoms with E-state index >= 15 is 0 Å². The first kappa shape index (κ1) is 12.4. The fourth-order valence-electron chi connectivity index (χ4n) is 2.37. The van der Waals surface area contributed by atoms with Crippen molar-refractivity contribution < 1.29 is 0 Å². The highest BCUT2D eigenvalue weighted by Crippen LogP contribution is 2.06. The lowest BCUT2D eigenvalue weighted by molar-refractivity contribution is 0.660. The van der Waals surface area contributed by atoms with Gasteiger partial charge in [0.15, 0.2) is 0 Å². The topological polar surface area (TPSA) is 44.0 Å². The molecule has 0 radical (unpaired) electrons. The summed E-state index contributed by atoms with van der Waals surface area (Å²) in [4.78, 5) is 24.8. The summed E-state index contributed by atoms with van der Waals surface area (Å²) in [6.45, 7) is 0.289. The third kappa shape index (κ3) is 1.95. The van der Waals surface area contributed by atoms with Crippen molar-refractivity contribution in [2.75, 3.05) is 0 Å². The average molecular weight is 266 g/mol. The molecule has 0 bridgehead atoms. The number of aryl methyl sites for hydroxylation is 1. The van der Waals surface area contributed by atoms with Crippen LogP contribution in [0.1, 0.15) is 5.56 Å². The molecule has 0 spiro atoms. The van der Waals surface area contributed by atoms with E-state index in [0.717, 1.165) is 5.56 Å². The zero-order chi connectivity index (χ0) is 14.1. The Balaban J connectivity index is 2.27. The average Bonchev–Trinajstić information content (AvgIpc) is 2.50. The van der Waals surface area contributed by atoms with Crippen LogP contribution in [0.15, 0.2) is 64.2 Å². The second kappa shape index (κ2) is 4.81. The molecular formula is C16H14N2O2. The van der Waals surface area contributed by atoms with E-state index in [9.17, 15) is 9.59 Å². The van der Waals surface area contributed by atoms with Crippen LogP contribution >= 0.6 is 0 Å². The van der Waals surface area contributed by atoms with E-state index in [4.69, 9.17) is 0 Å². The summed E-state index contributed by atoms with van der Waals surface area (Å²) in [5.74, 6) is 0. The molecule has 20 heavy (non-hydrogen) atoms. The second-order valence-corrected chi connectivity index (χ2v) is 4.74. The number of aromatic nitrogens is 2. The molecule has 0 unspecified atom stereocenters. The molecule has 3 aromatic rings. The zero-order valence-corrected chi connectivity index (χ0v) is 11.1. The molecule has 3 rings (SSSR count). The molecule has 0 aliphatic heterocycles. The molecule has 0 N–H and O–H groups in total. The van der Waals surface area contributed by atoms with E-state index in [0.29, 0.717) is 10.9 Å². The first-order chi connectivity index (χ1) is 9.68. The largest absolute Gasteiger partial charge is 0.331 e. The minimum Gasteiger partial charge on any atom is -0.296 e. The summed E-state index contributed by atoms with van der Waals surface area (Å²) in [5, 5.41) is 0.561. The van der Waals surface area contributed by atoms with Crippen LogP contribution in [0.2, 0.25) is 0 Å². The maximum atomic E-state index is 12.5. The molecule has 0 aliphatic carbocycles. The first-order valence-corrected chi connectivity index (χ1v) is 6.41. The summed E-state index contributed by atoms with van der Waals surface area (Å²) in [7, 11) is 1.69. The van der Waals surface area contributed by atoms with Gasteiger partial charge in [-0.05, 0) is 17.7 Å². The molecule has 0 fully saturated rings. The SMILES string of the molecule is Cn1c(=O)n(Cc2ccccc2)c(=O)c2ccccc21. The third-order valence-corrected chi connectivity index (χ3v) is 3.44. The Bertz CT molecular complexity index is 876. The summed E-state index contributed by atoms with van der Waals surface area (Å²) >= 11 is 0. The third-order valence-electron chi connectivity index (χ3n) is 3.44. The highest BCUT2D eigenvalue weighted by atomic mass is 16.2. The molecule has 0 aliphatic rings. The molecule has 1 aromatic heterocycles. The molecule has 2 aromatic carbocycles. The molecule has 0 saturated heterocycles. The molecule has 100 valence electrons. The molecule has 4 nitrogen and oxygen atoms in total. The monoisotopic (exact) mass is 266 g/mol. The van der Waals surface area contributed by atoms with Gasteiger partial charge in [-0.3, -0.25) is 13.9 Å². The highest BCUT2D eigenvalue weighted by molar-refractivity contribution is 5.77. The van der Waals surface area contributed by atoms with E-state index < -0.39 is 0 Å². The Kier molecular flexibility index (Phi) is 2.99. The fourth-order valence-corrected chi connectivity index (χ4v) is 2.37. The Labute approximate surface area is 115 Å². The van der Waals surface area contributed by atoms with Crippen LogP contribution in [0.3, 0.4) is 0 Å². The molecule has 0 saturated carbocycles. The molecular weight excluding hydrogens is 252 g/mol. The Morgan fingerprint density at radius 3 is 2.30 bits per heavy atom. The van der Waals surface area contributed by atoms with Crippen LogP contribution in [0.4, 0.5) is 0 Å². The van der Waals surface area contributed by atoms with Crippen molar-refractivity contribution in [2.24, 2.45) is 7.05 Å². The Morgan fingerprint density at radius 2 is 1.55 bits per heavy atom. The summed E-state index contributed by atoms with van der Waals surface area (Å²) < 4.78 is 2.79. The lowest BCUT2D eigenvalue weighted by Gasteiger charge is -2.10. The van der Waals surface area contributed by atoms with Gasteiger partial charge in [0.25, 0.3) is 5.56 Å². The lowest BCUT2D eigenvalue weighted by Crippen LogP contribution is -2.39. The van der Waals surface area contributed by atoms with Gasteiger partial charge >= 0.3 is 5.69 Å². The second-order valence-electron chi connectivity index (χ2n) is 4.74. The number of hydrogen-bond donors (Lipinski definition) is 0. The summed E-state index contributed by atoms with van der Waals surface area (Å²) in [6.07, 6.45) is 0. The van der Waals surface area contributed by atoms with Gasteiger partial charge in [0, 0.05) is 7.05 Å². The summed E-state index contributed by atoms with van der Waals surface area (Å²) in [5.41, 5.74) is 1.05. The zero-order valence-electron chi connectivity index (χ0n) is 11.1. The fraction of sp³-hybridized carbons (Fsp3) is 0.125. The van der Waals surface area contributed by atoms with Crippen LogP contribution in [0, 0.1) is 0 Å². The lowest BCUT2D eigenvalue weighted by atomic mass is 10.2. The van der Waals surface area contributed by atoms with Crippen molar-refractivity contribution in [2.45, 2.75) is 6.54 Å².